The number of esters is 1. The summed E-state index contributed by atoms with van der Waals surface area (Å²) in [5.41, 5.74) is 0.399. The predicted octanol–water partition coefficient (Wildman–Crippen LogP) is 4.24. The molecule has 1 N–H and O–H groups in total. The van der Waals surface area contributed by atoms with Gasteiger partial charge in [0.2, 0.25) is 0 Å². The number of benzene rings is 1. The fraction of sp³-hybridized carbons (Fsp3) is 0.556. The van der Waals surface area contributed by atoms with Gasteiger partial charge in [-0.15, -0.1) is 0 Å². The number of ether oxygens (including phenoxy) is 1. The van der Waals surface area contributed by atoms with Gasteiger partial charge in [0.25, 0.3) is 0 Å². The Morgan fingerprint density at radius 3 is 2.50 bits per heavy atom. The molecule has 0 radical (unpaired) electrons. The van der Waals surface area contributed by atoms with Gasteiger partial charge >= 0.3 is 5.97 Å². The van der Waals surface area contributed by atoms with Crippen LogP contribution in [-0.2, 0) is 21.6 Å². The number of likely N-dealkylation sites (tertiary alicyclic amines) is 1. The molecule has 2 aliphatic rings. The van der Waals surface area contributed by atoms with Crippen LogP contribution in [0.3, 0.4) is 0 Å². The van der Waals surface area contributed by atoms with E-state index < -0.39 is 11.6 Å². The van der Waals surface area contributed by atoms with Gasteiger partial charge in [0, 0.05) is 31.2 Å². The Labute approximate surface area is 192 Å². The Hall–Kier alpha value is -2.24. The van der Waals surface area contributed by atoms with Crippen molar-refractivity contribution in [2.45, 2.75) is 63.1 Å². The Bertz CT molecular complexity index is 869. The number of pyridine rings is 1. The average molecular weight is 438 g/mol. The van der Waals surface area contributed by atoms with Crippen LogP contribution >= 0.6 is 0 Å². The molecular weight excluding hydrogens is 400 g/mol. The highest BCUT2D eigenvalue weighted by Crippen LogP contribution is 2.41. The second-order valence-corrected chi connectivity index (χ2v) is 9.99. The molecule has 2 aromatic rings. The molecule has 1 aromatic carbocycles. The molecule has 5 nitrogen and oxygen atoms in total. The van der Waals surface area contributed by atoms with E-state index in [4.69, 9.17) is 4.74 Å². The van der Waals surface area contributed by atoms with Gasteiger partial charge in [-0.2, -0.15) is 0 Å². The zero-order chi connectivity index (χ0) is 22.4. The van der Waals surface area contributed by atoms with Gasteiger partial charge in [0.15, 0.2) is 11.7 Å². The summed E-state index contributed by atoms with van der Waals surface area (Å²) >= 11 is 0. The number of quaternary nitrogens is 1. The van der Waals surface area contributed by atoms with Crippen LogP contribution in [0.25, 0.3) is 0 Å². The predicted molar refractivity (Wildman–Crippen MR) is 125 cm³/mol. The van der Waals surface area contributed by atoms with E-state index in [1.807, 2.05) is 42.7 Å². The van der Waals surface area contributed by atoms with Crippen LogP contribution in [0.1, 0.15) is 56.1 Å². The number of carbonyl (C=O) groups excluding carboxylic acids is 1. The van der Waals surface area contributed by atoms with Crippen LogP contribution in [0.2, 0.25) is 0 Å². The lowest BCUT2D eigenvalue weighted by molar-refractivity contribution is -0.916. The van der Waals surface area contributed by atoms with Crippen LogP contribution in [0, 0.1) is 5.92 Å². The van der Waals surface area contributed by atoms with Crippen molar-refractivity contribution in [1.82, 2.24) is 4.98 Å². The lowest BCUT2D eigenvalue weighted by Crippen LogP contribution is -2.56. The molecule has 32 heavy (non-hydrogen) atoms. The maximum absolute atomic E-state index is 13.5. The first-order valence-electron chi connectivity index (χ1n) is 12.2. The maximum Gasteiger partial charge on any atom is 0.343 e. The Balaban J connectivity index is 1.45. The Morgan fingerprint density at radius 2 is 1.78 bits per heavy atom. The molecule has 1 aromatic heterocycles. The average Bonchev–Trinajstić information content (AvgIpc) is 2.84. The van der Waals surface area contributed by atoms with E-state index in [0.29, 0.717) is 5.56 Å². The molecule has 0 amide bonds. The molecule has 1 saturated heterocycles. The minimum absolute atomic E-state index is 0.0812. The van der Waals surface area contributed by atoms with Gasteiger partial charge in [0.05, 0.1) is 20.1 Å². The summed E-state index contributed by atoms with van der Waals surface area (Å²) in [7, 11) is 2.26. The fourth-order valence-electron chi connectivity index (χ4n) is 5.60. The minimum atomic E-state index is -1.56. The summed E-state index contributed by atoms with van der Waals surface area (Å²) in [6.07, 6.45) is 11.4. The van der Waals surface area contributed by atoms with Gasteiger partial charge < -0.3 is 14.3 Å². The topological polar surface area (TPSA) is 59.4 Å². The van der Waals surface area contributed by atoms with Crippen molar-refractivity contribution < 1.29 is 19.1 Å². The molecule has 4 rings (SSSR count). The fourth-order valence-corrected chi connectivity index (χ4v) is 5.60. The number of nitrogens with zero attached hydrogens (tertiary/aromatic N) is 2. The molecule has 2 heterocycles. The minimum Gasteiger partial charge on any atom is -0.454 e. The lowest BCUT2D eigenvalue weighted by Gasteiger charge is -2.42. The smallest absolute Gasteiger partial charge is 0.343 e. The van der Waals surface area contributed by atoms with Gasteiger partial charge in [-0.05, 0) is 42.5 Å². The normalized spacial score (nSPS) is 26.2. The molecule has 2 fully saturated rings. The van der Waals surface area contributed by atoms with Gasteiger partial charge in [-0.3, -0.25) is 4.98 Å². The number of aliphatic hydroxyl groups is 1. The van der Waals surface area contributed by atoms with E-state index in [0.717, 1.165) is 69.1 Å². The van der Waals surface area contributed by atoms with Gasteiger partial charge in [0.1, 0.15) is 6.54 Å². The highest BCUT2D eigenvalue weighted by molar-refractivity contribution is 5.81. The highest BCUT2D eigenvalue weighted by Gasteiger charge is 2.48. The lowest BCUT2D eigenvalue weighted by atomic mass is 9.73. The van der Waals surface area contributed by atoms with Crippen LogP contribution in [0.5, 0.6) is 0 Å². The number of piperidine rings is 1. The van der Waals surface area contributed by atoms with Crippen molar-refractivity contribution in [3.05, 3.63) is 66.0 Å². The monoisotopic (exact) mass is 437 g/mol. The SMILES string of the molecule is C[N+]1(CCc2ccncc2)CCC[C@@H](OC(=O)C(O)(c2ccccc2)C2CCCCC2)C1. The Kier molecular flexibility index (Phi) is 7.27. The summed E-state index contributed by atoms with van der Waals surface area (Å²) < 4.78 is 6.98. The maximum atomic E-state index is 13.5. The third-order valence-corrected chi connectivity index (χ3v) is 7.55. The van der Waals surface area contributed by atoms with Crippen molar-refractivity contribution in [1.29, 1.82) is 0 Å². The molecule has 2 unspecified atom stereocenters. The highest BCUT2D eigenvalue weighted by atomic mass is 16.6. The third kappa shape index (κ3) is 5.21. The van der Waals surface area contributed by atoms with Crippen molar-refractivity contribution in [3.8, 4) is 0 Å². The molecule has 1 aliphatic carbocycles. The van der Waals surface area contributed by atoms with Crippen molar-refractivity contribution >= 4 is 5.97 Å². The first kappa shape index (κ1) is 22.9. The van der Waals surface area contributed by atoms with E-state index >= 15 is 0 Å². The summed E-state index contributed by atoms with van der Waals surface area (Å²) in [6.45, 7) is 2.89. The Morgan fingerprint density at radius 1 is 1.06 bits per heavy atom. The van der Waals surface area contributed by atoms with Gasteiger partial charge in [-0.25, -0.2) is 4.79 Å². The number of hydrogen-bond acceptors (Lipinski definition) is 4. The molecule has 5 heteroatoms. The zero-order valence-electron chi connectivity index (χ0n) is 19.3. The number of hydrogen-bond donors (Lipinski definition) is 1. The number of carbonyl (C=O) groups is 1. The van der Waals surface area contributed by atoms with E-state index in [1.54, 1.807) is 0 Å². The third-order valence-electron chi connectivity index (χ3n) is 7.55. The molecular formula is C27H37N2O3+. The van der Waals surface area contributed by atoms with Crippen LogP contribution in [-0.4, -0.2) is 53.3 Å². The van der Waals surface area contributed by atoms with E-state index in [2.05, 4.69) is 24.2 Å². The molecule has 3 atom stereocenters. The van der Waals surface area contributed by atoms with Gasteiger partial charge in [-0.1, -0.05) is 49.6 Å². The van der Waals surface area contributed by atoms with E-state index in [9.17, 15) is 9.90 Å². The van der Waals surface area contributed by atoms with Crippen molar-refractivity contribution in [2.75, 3.05) is 26.7 Å². The van der Waals surface area contributed by atoms with E-state index in [-0.39, 0.29) is 12.0 Å². The molecule has 172 valence electrons. The van der Waals surface area contributed by atoms with Crippen LogP contribution in [0.15, 0.2) is 54.9 Å². The molecule has 0 spiro atoms. The first-order chi connectivity index (χ1) is 15.5. The van der Waals surface area contributed by atoms with Crippen LogP contribution < -0.4 is 0 Å². The van der Waals surface area contributed by atoms with Crippen LogP contribution in [0.4, 0.5) is 0 Å². The van der Waals surface area contributed by atoms with Crippen molar-refractivity contribution in [3.63, 3.8) is 0 Å². The molecule has 1 saturated carbocycles. The second-order valence-electron chi connectivity index (χ2n) is 9.99. The summed E-state index contributed by atoms with van der Waals surface area (Å²) in [4.78, 5) is 17.6. The first-order valence-corrected chi connectivity index (χ1v) is 12.2. The summed E-state index contributed by atoms with van der Waals surface area (Å²) in [6, 6.07) is 13.6. The standard InChI is InChI=1S/C27H37N2O3/c1-29(20-16-22-14-17-28-18-15-22)19-8-13-25(21-29)32-26(30)27(31,23-9-4-2-5-10-23)24-11-6-3-7-12-24/h2,4-5,9-10,14-15,17-18,24-25,31H,3,6-8,11-13,16,19-21H2,1H3/q+1/t25-,27?,29?/m1/s1. The molecule has 0 bridgehead atoms. The molecule has 1 aliphatic heterocycles. The van der Waals surface area contributed by atoms with E-state index in [1.165, 1.54) is 12.0 Å². The van der Waals surface area contributed by atoms with Crippen molar-refractivity contribution in [2.24, 2.45) is 5.92 Å². The number of likely N-dealkylation sites (N-methyl/N-ethyl adjacent to an activating group) is 1. The summed E-state index contributed by atoms with van der Waals surface area (Å²) in [5.74, 6) is -0.537. The zero-order valence-corrected chi connectivity index (χ0v) is 19.3. The number of aromatic nitrogens is 1. The number of rotatable bonds is 7. The second kappa shape index (κ2) is 10.1. The largest absolute Gasteiger partial charge is 0.454 e. The summed E-state index contributed by atoms with van der Waals surface area (Å²) in [5, 5.41) is 11.8. The quantitative estimate of drug-likeness (QED) is 0.520.